The standard InChI is InChI=1S/C12H27NO/c1-5-8-12(10-14-4)13-9-11(6-2)7-3/h11-13H,5-10H2,1-4H3. The molecule has 0 aliphatic heterocycles. The predicted molar refractivity (Wildman–Crippen MR) is 62.6 cm³/mol. The molecule has 0 heterocycles. The molecular weight excluding hydrogens is 174 g/mol. The van der Waals surface area contributed by atoms with E-state index in [2.05, 4.69) is 26.1 Å². The minimum atomic E-state index is 0.547. The van der Waals surface area contributed by atoms with Crippen LogP contribution in [0.4, 0.5) is 0 Å². The highest BCUT2D eigenvalue weighted by Gasteiger charge is 2.09. The summed E-state index contributed by atoms with van der Waals surface area (Å²) in [6.07, 6.45) is 4.99. The van der Waals surface area contributed by atoms with Gasteiger partial charge in [0, 0.05) is 13.2 Å². The van der Waals surface area contributed by atoms with Crippen LogP contribution >= 0.6 is 0 Å². The molecule has 0 bridgehead atoms. The second kappa shape index (κ2) is 9.47. The van der Waals surface area contributed by atoms with Crippen LogP contribution in [0.5, 0.6) is 0 Å². The molecule has 1 unspecified atom stereocenters. The maximum atomic E-state index is 5.19. The van der Waals surface area contributed by atoms with Crippen LogP contribution in [0.2, 0.25) is 0 Å². The van der Waals surface area contributed by atoms with Crippen molar-refractivity contribution < 1.29 is 4.74 Å². The Kier molecular flexibility index (Phi) is 9.42. The van der Waals surface area contributed by atoms with Crippen LogP contribution in [0.25, 0.3) is 0 Å². The van der Waals surface area contributed by atoms with Crippen LogP contribution in [-0.2, 0) is 4.74 Å². The Balaban J connectivity index is 3.67. The van der Waals surface area contributed by atoms with Crippen LogP contribution in [-0.4, -0.2) is 26.3 Å². The average molecular weight is 201 g/mol. The first-order valence-electron chi connectivity index (χ1n) is 6.00. The topological polar surface area (TPSA) is 21.3 Å². The lowest BCUT2D eigenvalue weighted by Gasteiger charge is -2.20. The molecule has 0 aromatic carbocycles. The zero-order valence-corrected chi connectivity index (χ0v) is 10.3. The van der Waals surface area contributed by atoms with E-state index in [1.165, 1.54) is 25.7 Å². The molecule has 14 heavy (non-hydrogen) atoms. The lowest BCUT2D eigenvalue weighted by molar-refractivity contribution is 0.159. The smallest absolute Gasteiger partial charge is 0.0615 e. The van der Waals surface area contributed by atoms with Gasteiger partial charge < -0.3 is 10.1 Å². The molecule has 2 heteroatoms. The maximum Gasteiger partial charge on any atom is 0.0615 e. The van der Waals surface area contributed by atoms with Gasteiger partial charge in [-0.3, -0.25) is 0 Å². The summed E-state index contributed by atoms with van der Waals surface area (Å²) in [7, 11) is 1.78. The van der Waals surface area contributed by atoms with Gasteiger partial charge in [-0.1, -0.05) is 40.0 Å². The molecule has 0 fully saturated rings. The normalized spacial score (nSPS) is 13.5. The van der Waals surface area contributed by atoms with Gasteiger partial charge >= 0.3 is 0 Å². The van der Waals surface area contributed by atoms with Gasteiger partial charge in [0.1, 0.15) is 0 Å². The molecule has 86 valence electrons. The van der Waals surface area contributed by atoms with Crippen LogP contribution < -0.4 is 5.32 Å². The SMILES string of the molecule is CCCC(COC)NCC(CC)CC. The highest BCUT2D eigenvalue weighted by atomic mass is 16.5. The maximum absolute atomic E-state index is 5.19. The molecular formula is C12H27NO. The van der Waals surface area contributed by atoms with E-state index in [4.69, 9.17) is 4.74 Å². The zero-order chi connectivity index (χ0) is 10.8. The van der Waals surface area contributed by atoms with E-state index in [1.807, 2.05) is 0 Å². The Bertz CT molecular complexity index is 107. The first-order chi connectivity index (χ1) is 6.78. The molecule has 0 saturated carbocycles. The Hall–Kier alpha value is -0.0800. The summed E-state index contributed by atoms with van der Waals surface area (Å²) in [6.45, 7) is 8.73. The van der Waals surface area contributed by atoms with Crippen molar-refractivity contribution in [3.8, 4) is 0 Å². The van der Waals surface area contributed by atoms with Gasteiger partial charge in [-0.15, -0.1) is 0 Å². The highest BCUT2D eigenvalue weighted by Crippen LogP contribution is 2.06. The Morgan fingerprint density at radius 2 is 1.79 bits per heavy atom. The van der Waals surface area contributed by atoms with Gasteiger partial charge in [-0.2, -0.15) is 0 Å². The monoisotopic (exact) mass is 201 g/mol. The summed E-state index contributed by atoms with van der Waals surface area (Å²) in [5.41, 5.74) is 0. The van der Waals surface area contributed by atoms with E-state index in [0.29, 0.717) is 6.04 Å². The molecule has 0 aromatic heterocycles. The molecule has 0 amide bonds. The largest absolute Gasteiger partial charge is 0.383 e. The molecule has 1 atom stereocenters. The molecule has 0 saturated heterocycles. The fourth-order valence-electron chi connectivity index (χ4n) is 1.70. The third kappa shape index (κ3) is 6.39. The van der Waals surface area contributed by atoms with Crippen LogP contribution in [0, 0.1) is 5.92 Å². The molecule has 0 rings (SSSR count). The Labute approximate surface area is 89.4 Å². The zero-order valence-electron chi connectivity index (χ0n) is 10.3. The summed E-state index contributed by atoms with van der Waals surface area (Å²) in [5, 5.41) is 3.60. The summed E-state index contributed by atoms with van der Waals surface area (Å²) >= 11 is 0. The van der Waals surface area contributed by atoms with E-state index < -0.39 is 0 Å². The third-order valence-electron chi connectivity index (χ3n) is 2.85. The summed E-state index contributed by atoms with van der Waals surface area (Å²) in [6, 6.07) is 0.547. The van der Waals surface area contributed by atoms with Crippen molar-refractivity contribution in [2.75, 3.05) is 20.3 Å². The van der Waals surface area contributed by atoms with Crippen molar-refractivity contribution in [1.82, 2.24) is 5.32 Å². The highest BCUT2D eigenvalue weighted by molar-refractivity contribution is 4.68. The molecule has 0 radical (unpaired) electrons. The molecule has 1 N–H and O–H groups in total. The fourth-order valence-corrected chi connectivity index (χ4v) is 1.70. The molecule has 0 aliphatic carbocycles. The lowest BCUT2D eigenvalue weighted by Crippen LogP contribution is -2.36. The molecule has 0 aromatic rings. The summed E-state index contributed by atoms with van der Waals surface area (Å²) in [4.78, 5) is 0. The van der Waals surface area contributed by atoms with Gasteiger partial charge in [-0.25, -0.2) is 0 Å². The van der Waals surface area contributed by atoms with E-state index in [9.17, 15) is 0 Å². The Morgan fingerprint density at radius 1 is 1.14 bits per heavy atom. The number of ether oxygens (including phenoxy) is 1. The number of rotatable bonds is 9. The second-order valence-corrected chi connectivity index (χ2v) is 4.03. The van der Waals surface area contributed by atoms with Crippen molar-refractivity contribution >= 4 is 0 Å². The van der Waals surface area contributed by atoms with Gasteiger partial charge in [0.2, 0.25) is 0 Å². The quantitative estimate of drug-likeness (QED) is 0.619. The van der Waals surface area contributed by atoms with E-state index in [-0.39, 0.29) is 0 Å². The predicted octanol–water partition coefficient (Wildman–Crippen LogP) is 2.83. The van der Waals surface area contributed by atoms with E-state index in [0.717, 1.165) is 19.1 Å². The summed E-state index contributed by atoms with van der Waals surface area (Å²) < 4.78 is 5.19. The number of methoxy groups -OCH3 is 1. The van der Waals surface area contributed by atoms with Crippen molar-refractivity contribution in [2.24, 2.45) is 5.92 Å². The number of nitrogens with one attached hydrogen (secondary N) is 1. The number of hydrogen-bond donors (Lipinski definition) is 1. The Morgan fingerprint density at radius 3 is 2.21 bits per heavy atom. The van der Waals surface area contributed by atoms with Gasteiger partial charge in [0.25, 0.3) is 0 Å². The number of hydrogen-bond acceptors (Lipinski definition) is 2. The second-order valence-electron chi connectivity index (χ2n) is 4.03. The first-order valence-corrected chi connectivity index (χ1v) is 6.00. The van der Waals surface area contributed by atoms with Gasteiger partial charge in [-0.05, 0) is 18.9 Å². The van der Waals surface area contributed by atoms with Crippen LogP contribution in [0.3, 0.4) is 0 Å². The molecule has 0 spiro atoms. The fraction of sp³-hybridized carbons (Fsp3) is 1.00. The van der Waals surface area contributed by atoms with Gasteiger partial charge in [0.15, 0.2) is 0 Å². The van der Waals surface area contributed by atoms with Crippen molar-refractivity contribution in [1.29, 1.82) is 0 Å². The van der Waals surface area contributed by atoms with Crippen LogP contribution in [0.1, 0.15) is 46.5 Å². The van der Waals surface area contributed by atoms with Crippen molar-refractivity contribution in [3.05, 3.63) is 0 Å². The van der Waals surface area contributed by atoms with Crippen molar-refractivity contribution in [3.63, 3.8) is 0 Å². The van der Waals surface area contributed by atoms with Crippen LogP contribution in [0.15, 0.2) is 0 Å². The minimum absolute atomic E-state index is 0.547. The molecule has 2 nitrogen and oxygen atoms in total. The summed E-state index contributed by atoms with van der Waals surface area (Å²) in [5.74, 6) is 0.825. The third-order valence-corrected chi connectivity index (χ3v) is 2.85. The van der Waals surface area contributed by atoms with E-state index in [1.54, 1.807) is 7.11 Å². The minimum Gasteiger partial charge on any atom is -0.383 e. The van der Waals surface area contributed by atoms with Gasteiger partial charge in [0.05, 0.1) is 6.61 Å². The lowest BCUT2D eigenvalue weighted by atomic mass is 10.0. The van der Waals surface area contributed by atoms with E-state index >= 15 is 0 Å². The molecule has 0 aliphatic rings. The van der Waals surface area contributed by atoms with Crippen molar-refractivity contribution in [2.45, 2.75) is 52.5 Å². The first kappa shape index (κ1) is 13.9. The average Bonchev–Trinajstić information content (AvgIpc) is 2.20.